The Balaban J connectivity index is 1.51. The number of amides is 3. The van der Waals surface area contributed by atoms with Crippen LogP contribution in [0.25, 0.3) is 6.08 Å². The van der Waals surface area contributed by atoms with Gasteiger partial charge in [0.15, 0.2) is 11.5 Å². The number of carbonyl (C=O) groups excluding carboxylic acids is 3. The highest BCUT2D eigenvalue weighted by Crippen LogP contribution is 2.39. The van der Waals surface area contributed by atoms with Crippen molar-refractivity contribution in [3.8, 4) is 17.2 Å². The number of alkyl halides is 3. The van der Waals surface area contributed by atoms with Crippen molar-refractivity contribution in [1.82, 2.24) is 5.32 Å². The Labute approximate surface area is 279 Å². The Morgan fingerprint density at radius 1 is 0.792 bits per heavy atom. The fraction of sp³-hybridized carbons (Fsp3) is 0.171. The molecular weight excluding hydrogens is 647 g/mol. The Hall–Kier alpha value is -5.43. The summed E-state index contributed by atoms with van der Waals surface area (Å²) in [4.78, 5) is 39.9. The van der Waals surface area contributed by atoms with Crippen LogP contribution in [-0.4, -0.2) is 44.3 Å². The number of hydrogen-bond acceptors (Lipinski definition) is 7. The Morgan fingerprint density at radius 2 is 1.40 bits per heavy atom. The standard InChI is InChI=1S/C35H32F3N3O6S/c1-21(32(42)40-27-13-9-8-12-26(27)35(36,37)38)48-25-16-14-24(15-17-25)39-34(44)28(41-33(43)23-10-6-5-7-11-23)18-22-19-29(45-2)31(47-4)30(20-22)46-3/h5-21H,1-4H3,(H,39,44)(H,40,42)(H,41,43)/b28-18-. The Kier molecular flexibility index (Phi) is 11.7. The van der Waals surface area contributed by atoms with Crippen LogP contribution >= 0.6 is 11.8 Å². The summed E-state index contributed by atoms with van der Waals surface area (Å²) in [6, 6.07) is 22.9. The number of benzene rings is 4. The van der Waals surface area contributed by atoms with E-state index in [4.69, 9.17) is 14.2 Å². The first kappa shape index (κ1) is 35.4. The third-order valence-electron chi connectivity index (χ3n) is 6.81. The average Bonchev–Trinajstić information content (AvgIpc) is 3.08. The number of nitrogens with one attached hydrogen (secondary N) is 3. The molecule has 13 heteroatoms. The lowest BCUT2D eigenvalue weighted by atomic mass is 10.1. The molecule has 48 heavy (non-hydrogen) atoms. The van der Waals surface area contributed by atoms with Crippen LogP contribution in [-0.2, 0) is 15.8 Å². The van der Waals surface area contributed by atoms with Gasteiger partial charge in [0.05, 0.1) is 37.8 Å². The molecule has 4 rings (SSSR count). The first-order chi connectivity index (χ1) is 22.9. The summed E-state index contributed by atoms with van der Waals surface area (Å²) in [5.41, 5.74) is -0.154. The van der Waals surface area contributed by atoms with Crippen molar-refractivity contribution in [3.63, 3.8) is 0 Å². The molecule has 4 aromatic rings. The molecule has 0 heterocycles. The maximum atomic E-state index is 13.5. The molecule has 0 saturated carbocycles. The number of halogens is 3. The van der Waals surface area contributed by atoms with Gasteiger partial charge < -0.3 is 30.2 Å². The summed E-state index contributed by atoms with van der Waals surface area (Å²) in [5, 5.41) is 7.03. The van der Waals surface area contributed by atoms with Crippen LogP contribution in [0.2, 0.25) is 0 Å². The lowest BCUT2D eigenvalue weighted by Gasteiger charge is -2.16. The number of methoxy groups -OCH3 is 3. The van der Waals surface area contributed by atoms with Crippen molar-refractivity contribution in [1.29, 1.82) is 0 Å². The summed E-state index contributed by atoms with van der Waals surface area (Å²) < 4.78 is 56.2. The zero-order valence-corrected chi connectivity index (χ0v) is 27.1. The quantitative estimate of drug-likeness (QED) is 0.107. The van der Waals surface area contributed by atoms with E-state index in [1.54, 1.807) is 73.7 Å². The van der Waals surface area contributed by atoms with E-state index in [9.17, 15) is 27.6 Å². The minimum absolute atomic E-state index is 0.0824. The van der Waals surface area contributed by atoms with E-state index in [2.05, 4.69) is 16.0 Å². The second-order valence-electron chi connectivity index (χ2n) is 10.1. The third kappa shape index (κ3) is 9.10. The maximum absolute atomic E-state index is 13.5. The van der Waals surface area contributed by atoms with Crippen LogP contribution in [0, 0.1) is 0 Å². The van der Waals surface area contributed by atoms with Crippen LogP contribution < -0.4 is 30.2 Å². The van der Waals surface area contributed by atoms with Crippen molar-refractivity contribution in [2.45, 2.75) is 23.2 Å². The van der Waals surface area contributed by atoms with Gasteiger partial charge in [0.2, 0.25) is 11.7 Å². The van der Waals surface area contributed by atoms with Gasteiger partial charge in [-0.05, 0) is 79.2 Å². The molecule has 3 N–H and O–H groups in total. The minimum Gasteiger partial charge on any atom is -0.493 e. The normalized spacial score (nSPS) is 12.0. The smallest absolute Gasteiger partial charge is 0.418 e. The lowest BCUT2D eigenvalue weighted by Crippen LogP contribution is -2.30. The van der Waals surface area contributed by atoms with Crippen molar-refractivity contribution >= 4 is 46.9 Å². The van der Waals surface area contributed by atoms with Crippen LogP contribution in [0.5, 0.6) is 17.2 Å². The van der Waals surface area contributed by atoms with Crippen LogP contribution in [0.3, 0.4) is 0 Å². The van der Waals surface area contributed by atoms with Crippen molar-refractivity contribution in [3.05, 3.63) is 113 Å². The Bertz CT molecular complexity index is 1770. The molecular formula is C35H32F3N3O6S. The zero-order chi connectivity index (χ0) is 34.8. The summed E-state index contributed by atoms with van der Waals surface area (Å²) in [7, 11) is 4.38. The number of rotatable bonds is 12. The molecule has 0 saturated heterocycles. The average molecular weight is 680 g/mol. The van der Waals surface area contributed by atoms with Gasteiger partial charge in [0.1, 0.15) is 5.70 Å². The fourth-order valence-corrected chi connectivity index (χ4v) is 5.31. The monoisotopic (exact) mass is 679 g/mol. The predicted octanol–water partition coefficient (Wildman–Crippen LogP) is 7.26. The van der Waals surface area contributed by atoms with Crippen LogP contribution in [0.1, 0.15) is 28.4 Å². The highest BCUT2D eigenvalue weighted by Gasteiger charge is 2.34. The van der Waals surface area contributed by atoms with Gasteiger partial charge in [-0.3, -0.25) is 14.4 Å². The number of thioether (sulfide) groups is 1. The van der Waals surface area contributed by atoms with Crippen molar-refractivity contribution in [2.75, 3.05) is 32.0 Å². The second kappa shape index (κ2) is 15.9. The van der Waals surface area contributed by atoms with E-state index in [0.717, 1.165) is 17.8 Å². The fourth-order valence-electron chi connectivity index (χ4n) is 4.44. The van der Waals surface area contributed by atoms with E-state index in [1.165, 1.54) is 45.6 Å². The number of para-hydroxylation sites is 1. The number of anilines is 2. The van der Waals surface area contributed by atoms with Gasteiger partial charge in [0, 0.05) is 16.1 Å². The molecule has 0 spiro atoms. The van der Waals surface area contributed by atoms with E-state index >= 15 is 0 Å². The molecule has 4 aromatic carbocycles. The summed E-state index contributed by atoms with van der Waals surface area (Å²) in [6.45, 7) is 1.57. The largest absolute Gasteiger partial charge is 0.493 e. The molecule has 0 aliphatic carbocycles. The first-order valence-electron chi connectivity index (χ1n) is 14.4. The second-order valence-corrected chi connectivity index (χ2v) is 11.5. The van der Waals surface area contributed by atoms with E-state index < -0.39 is 34.7 Å². The number of ether oxygens (including phenoxy) is 3. The molecule has 0 fully saturated rings. The molecule has 0 aliphatic heterocycles. The molecule has 9 nitrogen and oxygen atoms in total. The molecule has 1 unspecified atom stereocenters. The first-order valence-corrected chi connectivity index (χ1v) is 15.2. The molecule has 0 bridgehead atoms. The molecule has 0 radical (unpaired) electrons. The highest BCUT2D eigenvalue weighted by atomic mass is 32.2. The molecule has 3 amide bonds. The topological polar surface area (TPSA) is 115 Å². The number of hydrogen-bond donors (Lipinski definition) is 3. The lowest BCUT2D eigenvalue weighted by molar-refractivity contribution is -0.137. The summed E-state index contributed by atoms with van der Waals surface area (Å²) >= 11 is 1.13. The number of carbonyl (C=O) groups is 3. The van der Waals surface area contributed by atoms with E-state index in [-0.39, 0.29) is 11.4 Å². The minimum atomic E-state index is -4.62. The molecule has 0 aromatic heterocycles. The van der Waals surface area contributed by atoms with Crippen molar-refractivity contribution < 1.29 is 41.8 Å². The van der Waals surface area contributed by atoms with Crippen LogP contribution in [0.4, 0.5) is 24.5 Å². The summed E-state index contributed by atoms with van der Waals surface area (Å²) in [6.07, 6.45) is -3.16. The van der Waals surface area contributed by atoms with Gasteiger partial charge >= 0.3 is 6.18 Å². The summed E-state index contributed by atoms with van der Waals surface area (Å²) in [5.74, 6) is -0.710. The maximum Gasteiger partial charge on any atom is 0.418 e. The molecule has 1 atom stereocenters. The zero-order valence-electron chi connectivity index (χ0n) is 26.3. The predicted molar refractivity (Wildman–Crippen MR) is 178 cm³/mol. The van der Waals surface area contributed by atoms with E-state index in [1.807, 2.05) is 0 Å². The molecule has 0 aliphatic rings. The van der Waals surface area contributed by atoms with Gasteiger partial charge in [-0.25, -0.2) is 0 Å². The highest BCUT2D eigenvalue weighted by molar-refractivity contribution is 8.00. The van der Waals surface area contributed by atoms with Gasteiger partial charge in [-0.2, -0.15) is 13.2 Å². The molecule has 250 valence electrons. The SMILES string of the molecule is COc1cc(/C=C(\NC(=O)c2ccccc2)C(=O)Nc2ccc(SC(C)C(=O)Nc3ccccc3C(F)(F)F)cc2)cc(OC)c1OC. The van der Waals surface area contributed by atoms with E-state index in [0.29, 0.717) is 39.0 Å². The third-order valence-corrected chi connectivity index (χ3v) is 7.92. The van der Waals surface area contributed by atoms with Gasteiger partial charge in [0.25, 0.3) is 11.8 Å². The van der Waals surface area contributed by atoms with Gasteiger partial charge in [-0.15, -0.1) is 11.8 Å². The Morgan fingerprint density at radius 3 is 1.98 bits per heavy atom. The van der Waals surface area contributed by atoms with Crippen molar-refractivity contribution in [2.24, 2.45) is 0 Å². The van der Waals surface area contributed by atoms with Gasteiger partial charge in [-0.1, -0.05) is 30.3 Å². The van der Waals surface area contributed by atoms with Crippen LogP contribution in [0.15, 0.2) is 102 Å².